The van der Waals surface area contributed by atoms with Gasteiger partial charge in [0, 0.05) is 26.6 Å². The Bertz CT molecular complexity index is 820. The van der Waals surface area contributed by atoms with E-state index < -0.39 is 0 Å². The third-order valence-electron chi connectivity index (χ3n) is 3.88. The van der Waals surface area contributed by atoms with Crippen molar-refractivity contribution in [2.75, 3.05) is 20.8 Å². The van der Waals surface area contributed by atoms with Crippen LogP contribution in [0.3, 0.4) is 0 Å². The molecule has 0 aromatic carbocycles. The van der Waals surface area contributed by atoms with E-state index in [0.29, 0.717) is 23.7 Å². The van der Waals surface area contributed by atoms with E-state index >= 15 is 0 Å². The first kappa shape index (κ1) is 16.8. The number of nitrogens with one attached hydrogen (secondary N) is 1. The Morgan fingerprint density at radius 1 is 1.16 bits per heavy atom. The number of pyridine rings is 2. The number of amides is 1. The predicted octanol–water partition coefficient (Wildman–Crippen LogP) is 2.33. The lowest BCUT2D eigenvalue weighted by Crippen LogP contribution is -2.34. The maximum atomic E-state index is 12.8. The number of H-pyrrole nitrogens is 1. The van der Waals surface area contributed by atoms with Gasteiger partial charge in [-0.2, -0.15) is 5.10 Å². The van der Waals surface area contributed by atoms with Crippen molar-refractivity contribution in [3.05, 3.63) is 66.2 Å². The molecule has 1 amide bonds. The molecule has 0 saturated carbocycles. The molecule has 0 aliphatic carbocycles. The lowest BCUT2D eigenvalue weighted by Gasteiger charge is -2.26. The number of aromatic amines is 1. The molecule has 3 heterocycles. The maximum absolute atomic E-state index is 12.8. The molecule has 1 atom stereocenters. The number of carbonyl (C=O) groups excluding carboxylic acids is 1. The minimum Gasteiger partial charge on any atom is -0.382 e. The fourth-order valence-corrected chi connectivity index (χ4v) is 2.53. The van der Waals surface area contributed by atoms with Crippen LogP contribution in [0.1, 0.15) is 22.2 Å². The highest BCUT2D eigenvalue weighted by molar-refractivity contribution is 5.93. The summed E-state index contributed by atoms with van der Waals surface area (Å²) in [7, 11) is 3.33. The number of aromatic nitrogens is 4. The van der Waals surface area contributed by atoms with E-state index in [4.69, 9.17) is 4.74 Å². The Balaban J connectivity index is 1.83. The number of ether oxygens (including phenoxy) is 1. The Morgan fingerprint density at radius 2 is 1.92 bits per heavy atom. The van der Waals surface area contributed by atoms with E-state index in [-0.39, 0.29) is 11.9 Å². The van der Waals surface area contributed by atoms with E-state index in [9.17, 15) is 4.79 Å². The summed E-state index contributed by atoms with van der Waals surface area (Å²) in [6.45, 7) is 0.348. The number of methoxy groups -OCH3 is 1. The SMILES string of the molecule is COCC(c1ccccn1)N(C)C(=O)c1cc(-c2ccccn2)n[nH]1. The predicted molar refractivity (Wildman–Crippen MR) is 92.8 cm³/mol. The largest absolute Gasteiger partial charge is 0.382 e. The van der Waals surface area contributed by atoms with E-state index in [1.54, 1.807) is 37.5 Å². The van der Waals surface area contributed by atoms with Gasteiger partial charge in [-0.15, -0.1) is 0 Å². The van der Waals surface area contributed by atoms with Crippen molar-refractivity contribution in [3.8, 4) is 11.4 Å². The van der Waals surface area contributed by atoms with Crippen LogP contribution in [0.25, 0.3) is 11.4 Å². The van der Waals surface area contributed by atoms with Gasteiger partial charge in [-0.05, 0) is 30.3 Å². The summed E-state index contributed by atoms with van der Waals surface area (Å²) in [6.07, 6.45) is 3.39. The number of hydrogen-bond donors (Lipinski definition) is 1. The molecule has 3 aromatic heterocycles. The normalized spacial score (nSPS) is 11.9. The van der Waals surface area contributed by atoms with E-state index in [1.807, 2.05) is 36.4 Å². The molecule has 3 aromatic rings. The van der Waals surface area contributed by atoms with Crippen LogP contribution in [-0.2, 0) is 4.74 Å². The first-order valence-corrected chi connectivity index (χ1v) is 7.84. The molecular formula is C18H19N5O2. The van der Waals surface area contributed by atoms with E-state index in [0.717, 1.165) is 5.69 Å². The maximum Gasteiger partial charge on any atom is 0.272 e. The van der Waals surface area contributed by atoms with Crippen molar-refractivity contribution in [1.82, 2.24) is 25.1 Å². The number of likely N-dealkylation sites (N-methyl/N-ethyl adjacent to an activating group) is 1. The fourth-order valence-electron chi connectivity index (χ4n) is 2.53. The van der Waals surface area contributed by atoms with Crippen LogP contribution < -0.4 is 0 Å². The van der Waals surface area contributed by atoms with Crippen molar-refractivity contribution in [3.63, 3.8) is 0 Å². The molecule has 1 unspecified atom stereocenters. The zero-order chi connectivity index (χ0) is 17.6. The lowest BCUT2D eigenvalue weighted by atomic mass is 10.1. The van der Waals surface area contributed by atoms with Crippen LogP contribution in [0.15, 0.2) is 54.9 Å². The summed E-state index contributed by atoms with van der Waals surface area (Å²) in [4.78, 5) is 23.0. The molecule has 1 N–H and O–H groups in total. The molecule has 0 spiro atoms. The van der Waals surface area contributed by atoms with Crippen LogP contribution >= 0.6 is 0 Å². The van der Waals surface area contributed by atoms with Gasteiger partial charge in [-0.3, -0.25) is 19.9 Å². The molecular weight excluding hydrogens is 318 g/mol. The highest BCUT2D eigenvalue weighted by Gasteiger charge is 2.25. The highest BCUT2D eigenvalue weighted by atomic mass is 16.5. The zero-order valence-electron chi connectivity index (χ0n) is 14.1. The first-order valence-electron chi connectivity index (χ1n) is 7.84. The van der Waals surface area contributed by atoms with Gasteiger partial charge in [0.2, 0.25) is 0 Å². The number of carbonyl (C=O) groups is 1. The molecule has 7 heteroatoms. The van der Waals surface area contributed by atoms with Gasteiger partial charge in [-0.25, -0.2) is 0 Å². The summed E-state index contributed by atoms with van der Waals surface area (Å²) < 4.78 is 5.27. The Hall–Kier alpha value is -3.06. The van der Waals surface area contributed by atoms with Gasteiger partial charge < -0.3 is 9.64 Å². The fraction of sp³-hybridized carbons (Fsp3) is 0.222. The smallest absolute Gasteiger partial charge is 0.272 e. The highest BCUT2D eigenvalue weighted by Crippen LogP contribution is 2.21. The van der Waals surface area contributed by atoms with Crippen molar-refractivity contribution < 1.29 is 9.53 Å². The molecule has 0 saturated heterocycles. The van der Waals surface area contributed by atoms with Gasteiger partial charge in [-0.1, -0.05) is 12.1 Å². The summed E-state index contributed by atoms with van der Waals surface area (Å²) in [6, 6.07) is 12.6. The topological polar surface area (TPSA) is 84.0 Å². The molecule has 0 radical (unpaired) electrons. The third kappa shape index (κ3) is 3.72. The summed E-state index contributed by atoms with van der Waals surface area (Å²) in [5.41, 5.74) is 2.49. The Kier molecular flexibility index (Phi) is 5.15. The molecule has 0 fully saturated rings. The molecule has 0 bridgehead atoms. The van der Waals surface area contributed by atoms with Crippen molar-refractivity contribution in [2.45, 2.75) is 6.04 Å². The molecule has 25 heavy (non-hydrogen) atoms. The first-order chi connectivity index (χ1) is 12.2. The molecule has 3 rings (SSSR count). The average Bonchev–Trinajstić information content (AvgIpc) is 3.16. The van der Waals surface area contributed by atoms with Crippen molar-refractivity contribution in [2.24, 2.45) is 0 Å². The van der Waals surface area contributed by atoms with E-state index in [2.05, 4.69) is 20.2 Å². The number of nitrogens with zero attached hydrogens (tertiary/aromatic N) is 4. The summed E-state index contributed by atoms with van der Waals surface area (Å²) in [5.74, 6) is -0.192. The van der Waals surface area contributed by atoms with E-state index in [1.165, 1.54) is 0 Å². The number of hydrogen-bond acceptors (Lipinski definition) is 5. The molecule has 128 valence electrons. The number of rotatable bonds is 6. The minimum absolute atomic E-state index is 0.192. The van der Waals surface area contributed by atoms with Gasteiger partial charge in [0.05, 0.1) is 24.0 Å². The monoisotopic (exact) mass is 337 g/mol. The molecule has 0 aliphatic heterocycles. The van der Waals surface area contributed by atoms with Crippen LogP contribution in [0, 0.1) is 0 Å². The van der Waals surface area contributed by atoms with Gasteiger partial charge in [0.1, 0.15) is 11.4 Å². The lowest BCUT2D eigenvalue weighted by molar-refractivity contribution is 0.0589. The molecule has 7 nitrogen and oxygen atoms in total. The van der Waals surface area contributed by atoms with Crippen molar-refractivity contribution in [1.29, 1.82) is 0 Å². The van der Waals surface area contributed by atoms with Crippen LogP contribution in [-0.4, -0.2) is 51.7 Å². The second-order valence-electron chi connectivity index (χ2n) is 5.52. The standard InChI is InChI=1S/C18H19N5O2/c1-23(17(12-25-2)14-8-4-6-10-20-14)18(24)16-11-15(21-22-16)13-7-3-5-9-19-13/h3-11,17H,12H2,1-2H3,(H,21,22). The van der Waals surface area contributed by atoms with Crippen molar-refractivity contribution >= 4 is 5.91 Å². The summed E-state index contributed by atoms with van der Waals surface area (Å²) >= 11 is 0. The van der Waals surface area contributed by atoms with Gasteiger partial charge in [0.25, 0.3) is 5.91 Å². The van der Waals surface area contributed by atoms with Gasteiger partial charge >= 0.3 is 0 Å². The zero-order valence-corrected chi connectivity index (χ0v) is 14.1. The van der Waals surface area contributed by atoms with Crippen LogP contribution in [0.4, 0.5) is 0 Å². The second kappa shape index (κ2) is 7.67. The minimum atomic E-state index is -0.291. The average molecular weight is 337 g/mol. The van der Waals surface area contributed by atoms with Gasteiger partial charge in [0.15, 0.2) is 0 Å². The quantitative estimate of drug-likeness (QED) is 0.746. The molecule has 0 aliphatic rings. The third-order valence-corrected chi connectivity index (χ3v) is 3.88. The Labute approximate surface area is 145 Å². The van der Waals surface area contributed by atoms with Crippen LogP contribution in [0.5, 0.6) is 0 Å². The van der Waals surface area contributed by atoms with Crippen LogP contribution in [0.2, 0.25) is 0 Å². The Morgan fingerprint density at radius 3 is 2.56 bits per heavy atom. The summed E-state index contributed by atoms with van der Waals surface area (Å²) in [5, 5.41) is 6.98. The second-order valence-corrected chi connectivity index (χ2v) is 5.52.